The molecule has 3 atom stereocenters. The van der Waals surface area contributed by atoms with Crippen molar-refractivity contribution in [3.05, 3.63) is 0 Å². The van der Waals surface area contributed by atoms with Crippen LogP contribution in [-0.2, 0) is 9.53 Å². The highest BCUT2D eigenvalue weighted by Gasteiger charge is 2.40. The van der Waals surface area contributed by atoms with E-state index < -0.39 is 0 Å². The van der Waals surface area contributed by atoms with E-state index >= 15 is 0 Å². The van der Waals surface area contributed by atoms with Crippen molar-refractivity contribution >= 4 is 5.91 Å². The first-order valence-corrected chi connectivity index (χ1v) is 6.47. The molecule has 0 aromatic rings. The van der Waals surface area contributed by atoms with Crippen molar-refractivity contribution < 1.29 is 9.53 Å². The number of hydrogen-bond acceptors (Lipinski definition) is 3. The number of ether oxygens (including phenoxy) is 1. The highest BCUT2D eigenvalue weighted by atomic mass is 16.5. The summed E-state index contributed by atoms with van der Waals surface area (Å²) in [7, 11) is 0. The summed E-state index contributed by atoms with van der Waals surface area (Å²) in [6, 6.07) is 0.859. The Kier molecular flexibility index (Phi) is 2.86. The van der Waals surface area contributed by atoms with Crippen LogP contribution in [0.25, 0.3) is 0 Å². The Labute approximate surface area is 96.1 Å². The van der Waals surface area contributed by atoms with Gasteiger partial charge in [-0.25, -0.2) is 0 Å². The minimum atomic E-state index is 0.202. The molecule has 4 heteroatoms. The van der Waals surface area contributed by atoms with Crippen LogP contribution in [0.3, 0.4) is 0 Å². The highest BCUT2D eigenvalue weighted by molar-refractivity contribution is 5.78. The van der Waals surface area contributed by atoms with E-state index in [4.69, 9.17) is 4.74 Å². The highest BCUT2D eigenvalue weighted by Crippen LogP contribution is 2.38. The Morgan fingerprint density at radius 1 is 1.31 bits per heavy atom. The number of nitrogens with one attached hydrogen (secondary N) is 2. The van der Waals surface area contributed by atoms with Crippen molar-refractivity contribution in [1.82, 2.24) is 10.6 Å². The standard InChI is InChI=1S/C12H20N2O2/c15-11-4-3-9(14-11)7-13-10-5-6-16-12(10)8-1-2-8/h8-10,12-13H,1-7H2,(H,14,15). The first-order chi connectivity index (χ1) is 7.83. The number of amides is 1. The van der Waals surface area contributed by atoms with E-state index in [-0.39, 0.29) is 5.91 Å². The van der Waals surface area contributed by atoms with Gasteiger partial charge in [0, 0.05) is 31.7 Å². The zero-order valence-electron chi connectivity index (χ0n) is 9.58. The average Bonchev–Trinajstić information content (AvgIpc) is 2.86. The molecular weight excluding hydrogens is 204 g/mol. The zero-order chi connectivity index (χ0) is 11.0. The molecule has 3 fully saturated rings. The van der Waals surface area contributed by atoms with E-state index in [2.05, 4.69) is 10.6 Å². The van der Waals surface area contributed by atoms with Crippen molar-refractivity contribution in [2.45, 2.75) is 50.3 Å². The third kappa shape index (κ3) is 2.23. The molecule has 3 unspecified atom stereocenters. The van der Waals surface area contributed by atoms with Crippen molar-refractivity contribution in [3.63, 3.8) is 0 Å². The van der Waals surface area contributed by atoms with E-state index in [0.29, 0.717) is 24.6 Å². The third-order valence-electron chi connectivity index (χ3n) is 3.93. The minimum absolute atomic E-state index is 0.202. The van der Waals surface area contributed by atoms with Gasteiger partial charge in [0.05, 0.1) is 6.10 Å². The molecule has 3 aliphatic rings. The van der Waals surface area contributed by atoms with Gasteiger partial charge in [-0.15, -0.1) is 0 Å². The van der Waals surface area contributed by atoms with Gasteiger partial charge < -0.3 is 15.4 Å². The third-order valence-corrected chi connectivity index (χ3v) is 3.93. The number of carbonyl (C=O) groups is 1. The van der Waals surface area contributed by atoms with Gasteiger partial charge >= 0.3 is 0 Å². The molecule has 2 N–H and O–H groups in total. The monoisotopic (exact) mass is 224 g/mol. The fourth-order valence-electron chi connectivity index (χ4n) is 2.84. The Morgan fingerprint density at radius 2 is 2.19 bits per heavy atom. The maximum atomic E-state index is 11.1. The summed E-state index contributed by atoms with van der Waals surface area (Å²) >= 11 is 0. The molecule has 2 saturated heterocycles. The van der Waals surface area contributed by atoms with Gasteiger partial charge in [-0.05, 0) is 31.6 Å². The van der Waals surface area contributed by atoms with Gasteiger partial charge in [-0.2, -0.15) is 0 Å². The smallest absolute Gasteiger partial charge is 0.220 e. The Morgan fingerprint density at radius 3 is 2.88 bits per heavy atom. The first kappa shape index (κ1) is 10.5. The second-order valence-corrected chi connectivity index (χ2v) is 5.28. The maximum Gasteiger partial charge on any atom is 0.220 e. The molecule has 2 aliphatic heterocycles. The summed E-state index contributed by atoms with van der Waals surface area (Å²) in [5, 5.41) is 6.57. The van der Waals surface area contributed by atoms with Crippen LogP contribution in [0.2, 0.25) is 0 Å². The van der Waals surface area contributed by atoms with E-state index in [1.54, 1.807) is 0 Å². The van der Waals surface area contributed by atoms with Crippen LogP contribution in [0.4, 0.5) is 0 Å². The predicted molar refractivity (Wildman–Crippen MR) is 60.0 cm³/mol. The summed E-state index contributed by atoms with van der Waals surface area (Å²) in [6.07, 6.45) is 5.91. The fourth-order valence-corrected chi connectivity index (χ4v) is 2.84. The van der Waals surface area contributed by atoms with Gasteiger partial charge in [0.2, 0.25) is 5.91 Å². The molecule has 16 heavy (non-hydrogen) atoms. The lowest BCUT2D eigenvalue weighted by Crippen LogP contribution is -2.44. The molecule has 0 aromatic heterocycles. The lowest BCUT2D eigenvalue weighted by atomic mass is 10.1. The SMILES string of the molecule is O=C1CCC(CNC2CCOC2C2CC2)N1. The molecule has 1 saturated carbocycles. The van der Waals surface area contributed by atoms with Crippen LogP contribution in [-0.4, -0.2) is 37.2 Å². The van der Waals surface area contributed by atoms with Crippen molar-refractivity contribution in [2.24, 2.45) is 5.92 Å². The summed E-state index contributed by atoms with van der Waals surface area (Å²) in [6.45, 7) is 1.80. The molecule has 0 spiro atoms. The zero-order valence-corrected chi connectivity index (χ0v) is 9.58. The molecule has 0 bridgehead atoms. The molecule has 1 amide bonds. The summed E-state index contributed by atoms with van der Waals surface area (Å²) < 4.78 is 5.78. The van der Waals surface area contributed by atoms with Crippen LogP contribution >= 0.6 is 0 Å². The van der Waals surface area contributed by atoms with Gasteiger partial charge in [-0.1, -0.05) is 0 Å². The maximum absolute atomic E-state index is 11.1. The van der Waals surface area contributed by atoms with Gasteiger partial charge in [-0.3, -0.25) is 4.79 Å². The van der Waals surface area contributed by atoms with Crippen LogP contribution < -0.4 is 10.6 Å². The fraction of sp³-hybridized carbons (Fsp3) is 0.917. The number of rotatable bonds is 4. The number of carbonyl (C=O) groups excluding carboxylic acids is 1. The van der Waals surface area contributed by atoms with Crippen molar-refractivity contribution in [2.75, 3.05) is 13.2 Å². The Balaban J connectivity index is 1.45. The molecule has 2 heterocycles. The summed E-state index contributed by atoms with van der Waals surface area (Å²) in [4.78, 5) is 11.1. The first-order valence-electron chi connectivity index (χ1n) is 6.47. The van der Waals surface area contributed by atoms with Gasteiger partial charge in [0.25, 0.3) is 0 Å². The molecule has 0 aromatic carbocycles. The van der Waals surface area contributed by atoms with E-state index in [9.17, 15) is 4.79 Å². The Bertz CT molecular complexity index is 278. The minimum Gasteiger partial charge on any atom is -0.376 e. The van der Waals surface area contributed by atoms with Crippen LogP contribution in [0, 0.1) is 5.92 Å². The normalized spacial score (nSPS) is 39.0. The lowest BCUT2D eigenvalue weighted by molar-refractivity contribution is -0.119. The molecule has 1 aliphatic carbocycles. The number of hydrogen-bond donors (Lipinski definition) is 2. The second-order valence-electron chi connectivity index (χ2n) is 5.28. The predicted octanol–water partition coefficient (Wildman–Crippen LogP) is 0.422. The topological polar surface area (TPSA) is 50.4 Å². The van der Waals surface area contributed by atoms with Crippen molar-refractivity contribution in [1.29, 1.82) is 0 Å². The average molecular weight is 224 g/mol. The largest absolute Gasteiger partial charge is 0.376 e. The van der Waals surface area contributed by atoms with E-state index in [1.807, 2.05) is 0 Å². The molecule has 0 radical (unpaired) electrons. The van der Waals surface area contributed by atoms with Gasteiger partial charge in [0.1, 0.15) is 0 Å². The molecule has 4 nitrogen and oxygen atoms in total. The van der Waals surface area contributed by atoms with E-state index in [1.165, 1.54) is 12.8 Å². The van der Waals surface area contributed by atoms with E-state index in [0.717, 1.165) is 31.9 Å². The van der Waals surface area contributed by atoms with Crippen LogP contribution in [0.1, 0.15) is 32.1 Å². The lowest BCUT2D eigenvalue weighted by Gasteiger charge is -2.21. The second kappa shape index (κ2) is 4.34. The van der Waals surface area contributed by atoms with Crippen LogP contribution in [0.5, 0.6) is 0 Å². The van der Waals surface area contributed by atoms with Crippen LogP contribution in [0.15, 0.2) is 0 Å². The Hall–Kier alpha value is -0.610. The molecule has 90 valence electrons. The van der Waals surface area contributed by atoms with Crippen molar-refractivity contribution in [3.8, 4) is 0 Å². The quantitative estimate of drug-likeness (QED) is 0.728. The van der Waals surface area contributed by atoms with Gasteiger partial charge in [0.15, 0.2) is 0 Å². The molecule has 3 rings (SSSR count). The summed E-state index contributed by atoms with van der Waals surface area (Å²) in [5.41, 5.74) is 0. The molecular formula is C12H20N2O2. The summed E-state index contributed by atoms with van der Waals surface area (Å²) in [5.74, 6) is 1.01.